The summed E-state index contributed by atoms with van der Waals surface area (Å²) in [7, 11) is 0. The normalized spacial score (nSPS) is 10.8. The summed E-state index contributed by atoms with van der Waals surface area (Å²) in [6.07, 6.45) is 0.881. The van der Waals surface area contributed by atoms with Gasteiger partial charge in [-0.2, -0.15) is 0 Å². The quantitative estimate of drug-likeness (QED) is 0.209. The Hall–Kier alpha value is -4.71. The Kier molecular flexibility index (Phi) is 7.59. The van der Waals surface area contributed by atoms with Crippen molar-refractivity contribution in [1.29, 1.82) is 0 Å². The number of esters is 1. The summed E-state index contributed by atoms with van der Waals surface area (Å²) in [6.45, 7) is 4.10. The predicted molar refractivity (Wildman–Crippen MR) is 150 cm³/mol. The number of aromatic nitrogens is 2. The number of carbonyl (C=O) groups excluding carboxylic acids is 1. The molecule has 0 saturated carbocycles. The van der Waals surface area contributed by atoms with Crippen LogP contribution < -0.4 is 5.32 Å². The highest BCUT2D eigenvalue weighted by atomic mass is 16.5. The first-order chi connectivity index (χ1) is 18.6. The van der Waals surface area contributed by atoms with E-state index in [0.29, 0.717) is 31.0 Å². The van der Waals surface area contributed by atoms with Crippen LogP contribution in [0.25, 0.3) is 33.7 Å². The number of rotatable bonds is 9. The second-order valence-electron chi connectivity index (χ2n) is 8.92. The molecule has 0 radical (unpaired) electrons. The van der Waals surface area contributed by atoms with E-state index in [-0.39, 0.29) is 5.97 Å². The number of nitrogens with zero attached hydrogens (tertiary/aromatic N) is 2. The van der Waals surface area contributed by atoms with Crippen molar-refractivity contribution in [2.75, 3.05) is 11.9 Å². The van der Waals surface area contributed by atoms with Gasteiger partial charge in [-0.05, 0) is 55.2 Å². The molecule has 0 bridgehead atoms. The Morgan fingerprint density at radius 3 is 2.34 bits per heavy atom. The van der Waals surface area contributed by atoms with Crippen LogP contribution in [0.5, 0.6) is 0 Å². The monoisotopic (exact) mass is 503 g/mol. The summed E-state index contributed by atoms with van der Waals surface area (Å²) in [4.78, 5) is 16.8. The number of hydrogen-bond acceptors (Lipinski definition) is 6. The molecule has 0 aliphatic carbocycles. The molecular formula is C32H29N3O3. The van der Waals surface area contributed by atoms with Gasteiger partial charge in [0.1, 0.15) is 17.2 Å². The molecule has 0 spiro atoms. The predicted octanol–water partition coefficient (Wildman–Crippen LogP) is 7.62. The molecule has 0 amide bonds. The van der Waals surface area contributed by atoms with Gasteiger partial charge in [-0.15, -0.1) is 0 Å². The number of pyridine rings is 1. The van der Waals surface area contributed by atoms with Crippen LogP contribution in [0.3, 0.4) is 0 Å². The molecule has 3 aromatic carbocycles. The van der Waals surface area contributed by atoms with Crippen LogP contribution in [0.4, 0.5) is 11.5 Å². The van der Waals surface area contributed by atoms with Gasteiger partial charge in [0.05, 0.1) is 12.3 Å². The van der Waals surface area contributed by atoms with Crippen molar-refractivity contribution >= 4 is 17.5 Å². The van der Waals surface area contributed by atoms with E-state index in [1.165, 1.54) is 0 Å². The molecule has 38 heavy (non-hydrogen) atoms. The van der Waals surface area contributed by atoms with E-state index in [1.54, 1.807) is 0 Å². The minimum absolute atomic E-state index is 0.205. The topological polar surface area (TPSA) is 77.2 Å². The highest BCUT2D eigenvalue weighted by Gasteiger charge is 2.20. The van der Waals surface area contributed by atoms with E-state index >= 15 is 0 Å². The van der Waals surface area contributed by atoms with Gasteiger partial charge in [-0.25, -0.2) is 4.98 Å². The Morgan fingerprint density at radius 2 is 1.61 bits per heavy atom. The van der Waals surface area contributed by atoms with Crippen molar-refractivity contribution in [3.8, 4) is 33.7 Å². The first-order valence-corrected chi connectivity index (χ1v) is 12.7. The number of ether oxygens (including phenoxy) is 1. The van der Waals surface area contributed by atoms with Crippen LogP contribution >= 0.6 is 0 Å². The highest BCUT2D eigenvalue weighted by molar-refractivity contribution is 5.88. The van der Waals surface area contributed by atoms with Gasteiger partial charge in [-0.3, -0.25) is 4.79 Å². The van der Waals surface area contributed by atoms with E-state index in [1.807, 2.05) is 86.6 Å². The maximum atomic E-state index is 12.0. The molecule has 2 heterocycles. The summed E-state index contributed by atoms with van der Waals surface area (Å²) in [6, 6.07) is 32.3. The third kappa shape index (κ3) is 5.65. The second-order valence-corrected chi connectivity index (χ2v) is 8.92. The summed E-state index contributed by atoms with van der Waals surface area (Å²) in [5, 5.41) is 7.75. The van der Waals surface area contributed by atoms with Crippen molar-refractivity contribution in [3.05, 3.63) is 108 Å². The van der Waals surface area contributed by atoms with Crippen molar-refractivity contribution in [2.24, 2.45) is 0 Å². The van der Waals surface area contributed by atoms with E-state index in [2.05, 4.69) is 34.7 Å². The first-order valence-electron chi connectivity index (χ1n) is 12.7. The second kappa shape index (κ2) is 11.6. The lowest BCUT2D eigenvalue weighted by atomic mass is 9.94. The molecule has 0 fully saturated rings. The van der Waals surface area contributed by atoms with Crippen LogP contribution in [-0.2, 0) is 16.0 Å². The number of benzene rings is 3. The summed E-state index contributed by atoms with van der Waals surface area (Å²) < 4.78 is 11.0. The fourth-order valence-corrected chi connectivity index (χ4v) is 4.39. The van der Waals surface area contributed by atoms with Gasteiger partial charge in [0.25, 0.3) is 0 Å². The van der Waals surface area contributed by atoms with Crippen molar-refractivity contribution in [2.45, 2.75) is 26.7 Å². The molecule has 6 heteroatoms. The van der Waals surface area contributed by atoms with Gasteiger partial charge in [-0.1, -0.05) is 84.0 Å². The molecule has 0 atom stereocenters. The smallest absolute Gasteiger partial charge is 0.306 e. The Morgan fingerprint density at radius 1 is 0.868 bits per heavy atom. The van der Waals surface area contributed by atoms with Crippen LogP contribution in [0.1, 0.15) is 24.6 Å². The zero-order chi connectivity index (χ0) is 26.3. The minimum atomic E-state index is -0.205. The lowest BCUT2D eigenvalue weighted by Crippen LogP contribution is -2.05. The average Bonchev–Trinajstić information content (AvgIpc) is 3.32. The molecule has 5 aromatic rings. The molecule has 6 nitrogen and oxygen atoms in total. The Labute approximate surface area is 222 Å². The van der Waals surface area contributed by atoms with E-state index in [9.17, 15) is 4.79 Å². The number of aryl methyl sites for hydroxylation is 2. The molecule has 1 N–H and O–H groups in total. The first kappa shape index (κ1) is 25.0. The number of carbonyl (C=O) groups is 1. The summed E-state index contributed by atoms with van der Waals surface area (Å²) >= 11 is 0. The lowest BCUT2D eigenvalue weighted by molar-refractivity contribution is -0.143. The fourth-order valence-electron chi connectivity index (χ4n) is 4.39. The van der Waals surface area contributed by atoms with Crippen molar-refractivity contribution in [3.63, 3.8) is 0 Å². The Bertz CT molecular complexity index is 1530. The standard InChI is InChI=1S/C32H29N3O3/c1-3-37-30(36)20-18-23-17-19-26(24-11-6-4-7-12-24)27(21-23)32-31(22(2)35-38-32)34-29-16-10-15-28(33-29)25-13-8-5-9-14-25/h4-17,19,21H,3,18,20H2,1-2H3,(H,33,34). The molecule has 0 aliphatic heterocycles. The summed E-state index contributed by atoms with van der Waals surface area (Å²) in [5.74, 6) is 1.10. The van der Waals surface area contributed by atoms with E-state index in [0.717, 1.165) is 44.9 Å². The largest absolute Gasteiger partial charge is 0.466 e. The van der Waals surface area contributed by atoms with Crippen molar-refractivity contribution in [1.82, 2.24) is 10.1 Å². The SMILES string of the molecule is CCOC(=O)CCc1ccc(-c2ccccc2)c(-c2onc(C)c2Nc2cccc(-c3ccccc3)n2)c1. The Balaban J connectivity index is 1.53. The highest BCUT2D eigenvalue weighted by Crippen LogP contribution is 2.39. The number of hydrogen-bond donors (Lipinski definition) is 1. The maximum absolute atomic E-state index is 12.0. The lowest BCUT2D eigenvalue weighted by Gasteiger charge is -2.13. The minimum Gasteiger partial charge on any atom is -0.466 e. The molecule has 0 aliphatic rings. The van der Waals surface area contributed by atoms with Gasteiger partial charge >= 0.3 is 5.97 Å². The van der Waals surface area contributed by atoms with Gasteiger partial charge in [0, 0.05) is 17.5 Å². The summed E-state index contributed by atoms with van der Waals surface area (Å²) in [5.41, 5.74) is 7.36. The third-order valence-electron chi connectivity index (χ3n) is 6.27. The molecule has 0 unspecified atom stereocenters. The fraction of sp³-hybridized carbons (Fsp3) is 0.156. The average molecular weight is 504 g/mol. The van der Waals surface area contributed by atoms with Gasteiger partial charge in [0.15, 0.2) is 5.76 Å². The van der Waals surface area contributed by atoms with Crippen LogP contribution in [0, 0.1) is 6.92 Å². The van der Waals surface area contributed by atoms with Crippen molar-refractivity contribution < 1.29 is 14.1 Å². The van der Waals surface area contributed by atoms with Crippen LogP contribution in [0.15, 0.2) is 102 Å². The zero-order valence-corrected chi connectivity index (χ0v) is 21.5. The molecule has 5 rings (SSSR count). The molecule has 0 saturated heterocycles. The molecule has 2 aromatic heterocycles. The maximum Gasteiger partial charge on any atom is 0.306 e. The third-order valence-corrected chi connectivity index (χ3v) is 6.27. The number of anilines is 2. The molecule has 190 valence electrons. The van der Waals surface area contributed by atoms with E-state index < -0.39 is 0 Å². The van der Waals surface area contributed by atoms with E-state index in [4.69, 9.17) is 14.2 Å². The van der Waals surface area contributed by atoms with Gasteiger partial charge < -0.3 is 14.6 Å². The van der Waals surface area contributed by atoms with Crippen LogP contribution in [-0.4, -0.2) is 22.7 Å². The zero-order valence-electron chi connectivity index (χ0n) is 21.5. The molecular weight excluding hydrogens is 474 g/mol. The van der Waals surface area contributed by atoms with Crippen LogP contribution in [0.2, 0.25) is 0 Å². The number of nitrogens with one attached hydrogen (secondary N) is 1. The van der Waals surface area contributed by atoms with Gasteiger partial charge in [0.2, 0.25) is 0 Å².